The van der Waals surface area contributed by atoms with Gasteiger partial charge in [0.05, 0.1) is 0 Å². The fourth-order valence-corrected chi connectivity index (χ4v) is 2.54. The predicted molar refractivity (Wildman–Crippen MR) is 84.6 cm³/mol. The molecule has 22 heavy (non-hydrogen) atoms. The Bertz CT molecular complexity index is 586. The zero-order valence-electron chi connectivity index (χ0n) is 12.4. The van der Waals surface area contributed by atoms with Crippen molar-refractivity contribution in [3.63, 3.8) is 0 Å². The van der Waals surface area contributed by atoms with Crippen LogP contribution in [0.3, 0.4) is 0 Å². The van der Waals surface area contributed by atoms with Gasteiger partial charge in [-0.05, 0) is 17.5 Å². The van der Waals surface area contributed by atoms with Gasteiger partial charge in [0.15, 0.2) is 0 Å². The monoisotopic (exact) mass is 297 g/mol. The van der Waals surface area contributed by atoms with Gasteiger partial charge in [0.2, 0.25) is 5.91 Å². The number of carbonyl (C=O) groups excluding carboxylic acids is 1. The third-order valence-electron chi connectivity index (χ3n) is 3.55. The van der Waals surface area contributed by atoms with E-state index in [1.807, 2.05) is 60.7 Å². The first kappa shape index (κ1) is 15.8. The molecule has 0 fully saturated rings. The van der Waals surface area contributed by atoms with E-state index in [1.165, 1.54) is 6.92 Å². The molecule has 0 radical (unpaired) electrons. The molecule has 1 amide bonds. The van der Waals surface area contributed by atoms with E-state index in [9.17, 15) is 14.7 Å². The minimum Gasteiger partial charge on any atom is -0.480 e. The molecule has 0 bridgehead atoms. The highest BCUT2D eigenvalue weighted by molar-refractivity contribution is 5.82. The number of aliphatic carboxylic acids is 1. The molecule has 0 aliphatic rings. The van der Waals surface area contributed by atoms with Crippen LogP contribution in [0.15, 0.2) is 60.7 Å². The Morgan fingerprint density at radius 1 is 0.955 bits per heavy atom. The second-order valence-electron chi connectivity index (χ2n) is 5.20. The number of benzene rings is 2. The van der Waals surface area contributed by atoms with Crippen LogP contribution in [-0.4, -0.2) is 23.0 Å². The second-order valence-corrected chi connectivity index (χ2v) is 5.20. The van der Waals surface area contributed by atoms with Crippen molar-refractivity contribution in [2.24, 2.45) is 0 Å². The summed E-state index contributed by atoms with van der Waals surface area (Å²) in [5.74, 6) is -1.45. The zero-order chi connectivity index (χ0) is 15.9. The van der Waals surface area contributed by atoms with Crippen molar-refractivity contribution in [2.45, 2.75) is 25.3 Å². The number of hydrogen-bond acceptors (Lipinski definition) is 2. The molecule has 0 spiro atoms. The Hall–Kier alpha value is -2.62. The van der Waals surface area contributed by atoms with Gasteiger partial charge in [-0.15, -0.1) is 0 Å². The first-order valence-corrected chi connectivity index (χ1v) is 7.17. The summed E-state index contributed by atoms with van der Waals surface area (Å²) >= 11 is 0. The first-order valence-electron chi connectivity index (χ1n) is 7.17. The molecule has 0 aliphatic heterocycles. The minimum absolute atomic E-state index is 0.0876. The molecule has 0 heterocycles. The van der Waals surface area contributed by atoms with E-state index in [1.54, 1.807) is 0 Å². The van der Waals surface area contributed by atoms with E-state index in [0.717, 1.165) is 11.1 Å². The average Bonchev–Trinajstić information content (AvgIpc) is 2.52. The lowest BCUT2D eigenvalue weighted by molar-refractivity contribution is -0.141. The van der Waals surface area contributed by atoms with Gasteiger partial charge in [0, 0.05) is 12.8 Å². The summed E-state index contributed by atoms with van der Waals surface area (Å²) in [5, 5.41) is 11.9. The van der Waals surface area contributed by atoms with E-state index in [4.69, 9.17) is 0 Å². The van der Waals surface area contributed by atoms with Gasteiger partial charge in [-0.1, -0.05) is 60.7 Å². The fraction of sp³-hybridized carbons (Fsp3) is 0.222. The van der Waals surface area contributed by atoms with Crippen molar-refractivity contribution in [2.75, 3.05) is 0 Å². The van der Waals surface area contributed by atoms with Crippen molar-refractivity contribution in [3.8, 4) is 0 Å². The van der Waals surface area contributed by atoms with E-state index in [2.05, 4.69) is 5.32 Å². The molecule has 1 atom stereocenters. The Labute approximate surface area is 129 Å². The molecule has 0 saturated heterocycles. The van der Waals surface area contributed by atoms with Crippen LogP contribution < -0.4 is 5.32 Å². The van der Waals surface area contributed by atoms with Crippen molar-refractivity contribution in [3.05, 3.63) is 71.8 Å². The van der Waals surface area contributed by atoms with Crippen LogP contribution in [0, 0.1) is 0 Å². The van der Waals surface area contributed by atoms with E-state index in [0.29, 0.717) is 6.42 Å². The van der Waals surface area contributed by atoms with Crippen LogP contribution in [0.25, 0.3) is 0 Å². The minimum atomic E-state index is -1.02. The van der Waals surface area contributed by atoms with Crippen LogP contribution in [0.5, 0.6) is 0 Å². The van der Waals surface area contributed by atoms with Gasteiger partial charge >= 0.3 is 5.97 Å². The summed E-state index contributed by atoms with van der Waals surface area (Å²) in [6.07, 6.45) is 0.308. The molecule has 0 saturated carbocycles. The van der Waals surface area contributed by atoms with Gasteiger partial charge in [0.25, 0.3) is 0 Å². The zero-order valence-corrected chi connectivity index (χ0v) is 12.4. The smallest absolute Gasteiger partial charge is 0.326 e. The normalized spacial score (nSPS) is 11.9. The maximum atomic E-state index is 11.4. The quantitative estimate of drug-likeness (QED) is 0.861. The molecule has 2 N–H and O–H groups in total. The third kappa shape index (κ3) is 4.19. The summed E-state index contributed by atoms with van der Waals surface area (Å²) in [7, 11) is 0. The number of amides is 1. The summed E-state index contributed by atoms with van der Waals surface area (Å²) in [6, 6.07) is 18.6. The number of nitrogens with one attached hydrogen (secondary N) is 1. The van der Waals surface area contributed by atoms with Crippen LogP contribution in [-0.2, 0) is 9.59 Å². The molecule has 2 rings (SSSR count). The Balaban J connectivity index is 2.32. The Morgan fingerprint density at radius 3 is 1.77 bits per heavy atom. The van der Waals surface area contributed by atoms with Gasteiger partial charge in [-0.25, -0.2) is 4.79 Å². The summed E-state index contributed by atoms with van der Waals surface area (Å²) in [4.78, 5) is 22.7. The van der Waals surface area contributed by atoms with E-state index in [-0.39, 0.29) is 11.8 Å². The van der Waals surface area contributed by atoms with Gasteiger partial charge < -0.3 is 10.4 Å². The fourth-order valence-electron chi connectivity index (χ4n) is 2.54. The molecular formula is C18H19NO3. The molecule has 0 aromatic heterocycles. The van der Waals surface area contributed by atoms with Crippen molar-refractivity contribution in [1.82, 2.24) is 5.32 Å². The topological polar surface area (TPSA) is 66.4 Å². The molecular weight excluding hydrogens is 278 g/mol. The van der Waals surface area contributed by atoms with Gasteiger partial charge in [-0.2, -0.15) is 0 Å². The predicted octanol–water partition coefficient (Wildman–Crippen LogP) is 2.80. The van der Waals surface area contributed by atoms with Crippen molar-refractivity contribution >= 4 is 11.9 Å². The van der Waals surface area contributed by atoms with E-state index < -0.39 is 12.0 Å². The standard InChI is InChI=1S/C18H19NO3/c1-13(20)19-17(18(21)22)12-16(14-8-4-2-5-9-14)15-10-6-3-7-11-15/h2-11,16-17H,12H2,1H3,(H,19,20)(H,21,22)/t17-/m1/s1. The van der Waals surface area contributed by atoms with Crippen LogP contribution in [0.1, 0.15) is 30.4 Å². The van der Waals surface area contributed by atoms with Crippen LogP contribution >= 0.6 is 0 Å². The van der Waals surface area contributed by atoms with Gasteiger partial charge in [-0.3, -0.25) is 4.79 Å². The molecule has 2 aromatic carbocycles. The lowest BCUT2D eigenvalue weighted by Gasteiger charge is -2.22. The van der Waals surface area contributed by atoms with E-state index >= 15 is 0 Å². The lowest BCUT2D eigenvalue weighted by Crippen LogP contribution is -2.40. The SMILES string of the molecule is CC(=O)N[C@H](CC(c1ccccc1)c1ccccc1)C(=O)O. The highest BCUT2D eigenvalue weighted by Crippen LogP contribution is 2.29. The molecule has 4 heteroatoms. The number of rotatable bonds is 6. The lowest BCUT2D eigenvalue weighted by atomic mass is 9.86. The second kappa shape index (κ2) is 7.41. The van der Waals surface area contributed by atoms with Crippen molar-refractivity contribution in [1.29, 1.82) is 0 Å². The Kier molecular flexibility index (Phi) is 5.31. The number of carboxylic acids is 1. The molecule has 114 valence electrons. The first-order chi connectivity index (χ1) is 10.6. The highest BCUT2D eigenvalue weighted by atomic mass is 16.4. The molecule has 2 aromatic rings. The van der Waals surface area contributed by atoms with Crippen LogP contribution in [0.2, 0.25) is 0 Å². The molecule has 0 aliphatic carbocycles. The van der Waals surface area contributed by atoms with Gasteiger partial charge in [0.1, 0.15) is 6.04 Å². The molecule has 4 nitrogen and oxygen atoms in total. The number of hydrogen-bond donors (Lipinski definition) is 2. The Morgan fingerprint density at radius 2 is 1.41 bits per heavy atom. The number of carbonyl (C=O) groups is 2. The highest BCUT2D eigenvalue weighted by Gasteiger charge is 2.25. The van der Waals surface area contributed by atoms with Crippen LogP contribution in [0.4, 0.5) is 0 Å². The maximum Gasteiger partial charge on any atom is 0.326 e. The number of carboxylic acid groups (broad SMARTS) is 1. The summed E-state index contributed by atoms with van der Waals surface area (Å²) in [6.45, 7) is 1.33. The third-order valence-corrected chi connectivity index (χ3v) is 3.55. The maximum absolute atomic E-state index is 11.4. The van der Waals surface area contributed by atoms with Crippen molar-refractivity contribution < 1.29 is 14.7 Å². The molecule has 0 unspecified atom stereocenters. The summed E-state index contributed by atoms with van der Waals surface area (Å²) < 4.78 is 0. The largest absolute Gasteiger partial charge is 0.480 e. The summed E-state index contributed by atoms with van der Waals surface area (Å²) in [5.41, 5.74) is 2.07. The average molecular weight is 297 g/mol.